The molecule has 0 fully saturated rings. The molecule has 7 nitrogen and oxygen atoms in total. The molecular formula is C21H23N5O2. The standard InChI is InChI=1S/C21H23N5O2/c1-2-7-18(25-11-5-6-12-25)21(28)26-13-9-15-17(14-26)23-19(24-20(15)27)16-8-3-4-10-22-16/h3-6,8,10-12,18H,2,7,9,13-14H2,1H3,(H,23,24,27)/t18-/m0/s1. The molecule has 1 aliphatic heterocycles. The van der Waals surface area contributed by atoms with Gasteiger partial charge in [-0.05, 0) is 37.1 Å². The topological polar surface area (TPSA) is 83.9 Å². The van der Waals surface area contributed by atoms with Gasteiger partial charge in [0.2, 0.25) is 5.91 Å². The Labute approximate surface area is 163 Å². The van der Waals surface area contributed by atoms with Crippen LogP contribution in [0.2, 0.25) is 0 Å². The van der Waals surface area contributed by atoms with Crippen LogP contribution in [-0.4, -0.2) is 36.9 Å². The van der Waals surface area contributed by atoms with E-state index in [9.17, 15) is 9.59 Å². The molecule has 1 aliphatic rings. The van der Waals surface area contributed by atoms with Crippen LogP contribution in [0.4, 0.5) is 0 Å². The van der Waals surface area contributed by atoms with Crippen molar-refractivity contribution in [2.75, 3.05) is 6.54 Å². The van der Waals surface area contributed by atoms with Crippen LogP contribution in [-0.2, 0) is 17.8 Å². The van der Waals surface area contributed by atoms with E-state index in [0.29, 0.717) is 42.3 Å². The summed E-state index contributed by atoms with van der Waals surface area (Å²) in [5, 5.41) is 0. The molecule has 1 amide bonds. The maximum absolute atomic E-state index is 13.2. The maximum Gasteiger partial charge on any atom is 0.254 e. The lowest BCUT2D eigenvalue weighted by atomic mass is 10.0. The minimum atomic E-state index is -0.223. The van der Waals surface area contributed by atoms with E-state index in [-0.39, 0.29) is 17.5 Å². The number of aromatic amines is 1. The molecule has 0 aliphatic carbocycles. The van der Waals surface area contributed by atoms with Gasteiger partial charge in [-0.15, -0.1) is 0 Å². The highest BCUT2D eigenvalue weighted by molar-refractivity contribution is 5.80. The zero-order chi connectivity index (χ0) is 19.5. The minimum absolute atomic E-state index is 0.0742. The number of rotatable bonds is 5. The van der Waals surface area contributed by atoms with Gasteiger partial charge >= 0.3 is 0 Å². The van der Waals surface area contributed by atoms with Gasteiger partial charge in [0.05, 0.1) is 12.2 Å². The molecular weight excluding hydrogens is 354 g/mol. The average molecular weight is 377 g/mol. The number of aromatic nitrogens is 4. The van der Waals surface area contributed by atoms with E-state index in [1.807, 2.05) is 46.1 Å². The summed E-state index contributed by atoms with van der Waals surface area (Å²) >= 11 is 0. The second kappa shape index (κ2) is 7.80. The van der Waals surface area contributed by atoms with Crippen molar-refractivity contribution in [1.29, 1.82) is 0 Å². The fourth-order valence-corrected chi connectivity index (χ4v) is 3.69. The molecule has 1 atom stereocenters. The highest BCUT2D eigenvalue weighted by Gasteiger charge is 2.29. The van der Waals surface area contributed by atoms with Crippen molar-refractivity contribution in [3.05, 3.63) is 70.5 Å². The molecule has 0 radical (unpaired) electrons. The Morgan fingerprint density at radius 3 is 2.79 bits per heavy atom. The molecule has 0 unspecified atom stereocenters. The molecule has 1 N–H and O–H groups in total. The Kier molecular flexibility index (Phi) is 5.06. The van der Waals surface area contributed by atoms with Crippen molar-refractivity contribution < 1.29 is 4.79 Å². The number of carbonyl (C=O) groups is 1. The lowest BCUT2D eigenvalue weighted by Gasteiger charge is -2.31. The third kappa shape index (κ3) is 3.47. The van der Waals surface area contributed by atoms with Crippen LogP contribution in [0.15, 0.2) is 53.7 Å². The molecule has 0 saturated heterocycles. The van der Waals surface area contributed by atoms with Crippen LogP contribution in [0.3, 0.4) is 0 Å². The summed E-state index contributed by atoms with van der Waals surface area (Å²) in [4.78, 5) is 39.3. The Morgan fingerprint density at radius 1 is 1.25 bits per heavy atom. The van der Waals surface area contributed by atoms with E-state index >= 15 is 0 Å². The summed E-state index contributed by atoms with van der Waals surface area (Å²) in [7, 11) is 0. The van der Waals surface area contributed by atoms with E-state index in [2.05, 4.69) is 21.9 Å². The largest absolute Gasteiger partial charge is 0.342 e. The second-order valence-corrected chi connectivity index (χ2v) is 7.00. The Balaban J connectivity index is 1.62. The van der Waals surface area contributed by atoms with Crippen LogP contribution < -0.4 is 5.56 Å². The summed E-state index contributed by atoms with van der Waals surface area (Å²) in [5.74, 6) is 0.513. The maximum atomic E-state index is 13.2. The van der Waals surface area contributed by atoms with E-state index in [1.165, 1.54) is 0 Å². The molecule has 4 heterocycles. The molecule has 0 spiro atoms. The number of hydrogen-bond donors (Lipinski definition) is 1. The normalized spacial score (nSPS) is 14.5. The number of hydrogen-bond acceptors (Lipinski definition) is 4. The van der Waals surface area contributed by atoms with Gasteiger partial charge in [0.25, 0.3) is 5.56 Å². The highest BCUT2D eigenvalue weighted by Crippen LogP contribution is 2.23. The van der Waals surface area contributed by atoms with Gasteiger partial charge in [-0.2, -0.15) is 0 Å². The monoisotopic (exact) mass is 377 g/mol. The first-order chi connectivity index (χ1) is 13.7. The van der Waals surface area contributed by atoms with Gasteiger partial charge in [0.15, 0.2) is 5.82 Å². The van der Waals surface area contributed by atoms with Gasteiger partial charge in [0, 0.05) is 30.7 Å². The first-order valence-corrected chi connectivity index (χ1v) is 9.62. The van der Waals surface area contributed by atoms with Crippen molar-refractivity contribution in [3.63, 3.8) is 0 Å². The quantitative estimate of drug-likeness (QED) is 0.741. The Morgan fingerprint density at radius 2 is 2.07 bits per heavy atom. The molecule has 7 heteroatoms. The molecule has 0 aromatic carbocycles. The number of nitrogens with one attached hydrogen (secondary N) is 1. The number of amides is 1. The van der Waals surface area contributed by atoms with Gasteiger partial charge in [-0.3, -0.25) is 14.6 Å². The zero-order valence-electron chi connectivity index (χ0n) is 15.8. The van der Waals surface area contributed by atoms with E-state index in [4.69, 9.17) is 0 Å². The van der Waals surface area contributed by atoms with Crippen LogP contribution in [0.25, 0.3) is 11.5 Å². The average Bonchev–Trinajstić information content (AvgIpc) is 3.26. The van der Waals surface area contributed by atoms with Gasteiger partial charge in [-0.25, -0.2) is 4.98 Å². The Bertz CT molecular complexity index is 1010. The van der Waals surface area contributed by atoms with Crippen molar-refractivity contribution in [1.82, 2.24) is 24.4 Å². The van der Waals surface area contributed by atoms with Crippen LogP contribution >= 0.6 is 0 Å². The van der Waals surface area contributed by atoms with Gasteiger partial charge in [0.1, 0.15) is 11.7 Å². The molecule has 0 bridgehead atoms. The molecule has 3 aromatic rings. The molecule has 3 aromatic heterocycles. The van der Waals surface area contributed by atoms with E-state index in [1.54, 1.807) is 12.3 Å². The van der Waals surface area contributed by atoms with Crippen molar-refractivity contribution >= 4 is 5.91 Å². The van der Waals surface area contributed by atoms with Crippen molar-refractivity contribution in [2.45, 2.75) is 38.8 Å². The third-order valence-corrected chi connectivity index (χ3v) is 5.13. The number of fused-ring (bicyclic) bond motifs is 1. The Hall–Kier alpha value is -3.22. The lowest BCUT2D eigenvalue weighted by Crippen LogP contribution is -2.42. The smallest absolute Gasteiger partial charge is 0.254 e. The molecule has 0 saturated carbocycles. The summed E-state index contributed by atoms with van der Waals surface area (Å²) in [6.07, 6.45) is 7.73. The zero-order valence-corrected chi connectivity index (χ0v) is 15.8. The number of pyridine rings is 1. The summed E-state index contributed by atoms with van der Waals surface area (Å²) in [6, 6.07) is 9.11. The van der Waals surface area contributed by atoms with Crippen LogP contribution in [0.5, 0.6) is 0 Å². The first kappa shape index (κ1) is 18.2. The number of nitrogens with zero attached hydrogens (tertiary/aromatic N) is 4. The molecule has 144 valence electrons. The fourth-order valence-electron chi connectivity index (χ4n) is 3.69. The van der Waals surface area contributed by atoms with Crippen LogP contribution in [0.1, 0.15) is 37.1 Å². The van der Waals surface area contributed by atoms with E-state index < -0.39 is 0 Å². The van der Waals surface area contributed by atoms with Crippen LogP contribution in [0, 0.1) is 0 Å². The predicted octanol–water partition coefficient (Wildman–Crippen LogP) is 2.56. The van der Waals surface area contributed by atoms with Crippen molar-refractivity contribution in [3.8, 4) is 11.5 Å². The minimum Gasteiger partial charge on any atom is -0.342 e. The van der Waals surface area contributed by atoms with Crippen molar-refractivity contribution in [2.24, 2.45) is 0 Å². The number of carbonyl (C=O) groups excluding carboxylic acids is 1. The molecule has 4 rings (SSSR count). The van der Waals surface area contributed by atoms with Gasteiger partial charge < -0.3 is 14.5 Å². The highest BCUT2D eigenvalue weighted by atomic mass is 16.2. The fraction of sp³-hybridized carbons (Fsp3) is 0.333. The predicted molar refractivity (Wildman–Crippen MR) is 106 cm³/mol. The van der Waals surface area contributed by atoms with E-state index in [0.717, 1.165) is 12.8 Å². The number of H-pyrrole nitrogens is 1. The first-order valence-electron chi connectivity index (χ1n) is 9.62. The summed E-state index contributed by atoms with van der Waals surface area (Å²) in [6.45, 7) is 2.95. The molecule has 28 heavy (non-hydrogen) atoms. The summed E-state index contributed by atoms with van der Waals surface area (Å²) in [5.41, 5.74) is 1.79. The SMILES string of the molecule is CCC[C@@H](C(=O)N1CCc2c(nc(-c3ccccn3)[nH]c2=O)C1)n1cccc1. The lowest BCUT2D eigenvalue weighted by molar-refractivity contribution is -0.136. The van der Waals surface area contributed by atoms with Gasteiger partial charge in [-0.1, -0.05) is 19.4 Å². The summed E-state index contributed by atoms with van der Waals surface area (Å²) < 4.78 is 1.96. The third-order valence-electron chi connectivity index (χ3n) is 5.13. The second-order valence-electron chi connectivity index (χ2n) is 7.00.